The molecule has 3 aromatic carbocycles. The van der Waals surface area contributed by atoms with Crippen molar-refractivity contribution in [2.45, 2.75) is 20.0 Å². The number of carbonyl (C=O) groups is 1. The second kappa shape index (κ2) is 9.28. The van der Waals surface area contributed by atoms with Crippen LogP contribution in [0.15, 0.2) is 60.7 Å². The van der Waals surface area contributed by atoms with Gasteiger partial charge in [0.1, 0.15) is 25.0 Å². The lowest BCUT2D eigenvalue weighted by molar-refractivity contribution is -0.885. The highest BCUT2D eigenvalue weighted by atomic mass is 16.5. The fourth-order valence-electron chi connectivity index (χ4n) is 3.77. The van der Waals surface area contributed by atoms with Gasteiger partial charge in [0.2, 0.25) is 0 Å². The number of amides is 1. The van der Waals surface area contributed by atoms with Gasteiger partial charge in [-0.15, -0.1) is 0 Å². The number of hydrogen-bond donors (Lipinski definition) is 2. The first-order valence-electron chi connectivity index (χ1n) is 10.2. The highest BCUT2D eigenvalue weighted by Crippen LogP contribution is 2.25. The topological polar surface area (TPSA) is 58.6 Å². The van der Waals surface area contributed by atoms with E-state index in [-0.39, 0.29) is 19.1 Å². The number of carbonyl (C=O) groups excluding carboxylic acids is 1. The summed E-state index contributed by atoms with van der Waals surface area (Å²) in [6, 6.07) is 19.8. The summed E-state index contributed by atoms with van der Waals surface area (Å²) in [5.41, 5.74) is 2.94. The number of aryl methyl sites for hydroxylation is 2. The number of aliphatic hydroxyl groups excluding tert-OH is 1. The number of para-hydroxylation sites is 1. The van der Waals surface area contributed by atoms with Crippen LogP contribution in [0.1, 0.15) is 11.1 Å². The van der Waals surface area contributed by atoms with E-state index in [4.69, 9.17) is 4.74 Å². The predicted octanol–water partition coefficient (Wildman–Crippen LogP) is 3.91. The molecule has 0 aliphatic heterocycles. The van der Waals surface area contributed by atoms with Gasteiger partial charge in [0.15, 0.2) is 6.54 Å². The second-order valence-electron chi connectivity index (χ2n) is 8.53. The van der Waals surface area contributed by atoms with E-state index in [1.807, 2.05) is 88.6 Å². The van der Waals surface area contributed by atoms with Crippen LogP contribution in [-0.4, -0.2) is 55.4 Å². The molecule has 158 valence electrons. The molecule has 1 amide bonds. The highest BCUT2D eigenvalue weighted by molar-refractivity contribution is 5.93. The van der Waals surface area contributed by atoms with Crippen molar-refractivity contribution in [1.29, 1.82) is 0 Å². The lowest BCUT2D eigenvalue weighted by atomic mass is 10.1. The monoisotopic (exact) mass is 407 g/mol. The molecule has 0 aliphatic rings. The smallest absolute Gasteiger partial charge is 0.279 e. The molecule has 0 saturated heterocycles. The zero-order chi connectivity index (χ0) is 21.7. The molecule has 0 bridgehead atoms. The van der Waals surface area contributed by atoms with Gasteiger partial charge in [0.25, 0.3) is 5.91 Å². The third-order valence-corrected chi connectivity index (χ3v) is 5.20. The third-order valence-electron chi connectivity index (χ3n) is 5.20. The van der Waals surface area contributed by atoms with Gasteiger partial charge < -0.3 is 19.6 Å². The van der Waals surface area contributed by atoms with Crippen molar-refractivity contribution >= 4 is 22.4 Å². The van der Waals surface area contributed by atoms with E-state index in [0.29, 0.717) is 11.0 Å². The van der Waals surface area contributed by atoms with Crippen LogP contribution in [-0.2, 0) is 4.79 Å². The summed E-state index contributed by atoms with van der Waals surface area (Å²) in [6.07, 6.45) is -0.688. The van der Waals surface area contributed by atoms with E-state index in [0.717, 1.165) is 33.3 Å². The van der Waals surface area contributed by atoms with Crippen molar-refractivity contribution < 1.29 is 19.1 Å². The van der Waals surface area contributed by atoms with E-state index in [1.54, 1.807) is 0 Å². The fraction of sp³-hybridized carbons (Fsp3) is 0.320. The van der Waals surface area contributed by atoms with E-state index in [9.17, 15) is 9.90 Å². The fourth-order valence-corrected chi connectivity index (χ4v) is 3.77. The summed E-state index contributed by atoms with van der Waals surface area (Å²) in [5.74, 6) is 0.685. The molecule has 0 fully saturated rings. The average molecular weight is 408 g/mol. The Balaban J connectivity index is 1.56. The lowest BCUT2D eigenvalue weighted by Gasteiger charge is -2.31. The number of nitrogens with zero attached hydrogens (tertiary/aromatic N) is 1. The summed E-state index contributed by atoms with van der Waals surface area (Å²) < 4.78 is 6.26. The van der Waals surface area contributed by atoms with Crippen LogP contribution < -0.4 is 10.1 Å². The quantitative estimate of drug-likeness (QED) is 0.557. The Labute approximate surface area is 178 Å². The van der Waals surface area contributed by atoms with E-state index >= 15 is 0 Å². The normalized spacial score (nSPS) is 12.6. The Hall–Kier alpha value is -2.89. The number of quaternary nitrogens is 1. The Morgan fingerprint density at radius 1 is 1.00 bits per heavy atom. The molecule has 3 aromatic rings. The molecular formula is C25H31N2O3+. The van der Waals surface area contributed by atoms with E-state index in [2.05, 4.69) is 5.32 Å². The van der Waals surface area contributed by atoms with Gasteiger partial charge in [-0.2, -0.15) is 0 Å². The molecule has 0 aliphatic carbocycles. The number of rotatable bonds is 8. The van der Waals surface area contributed by atoms with Crippen molar-refractivity contribution in [2.75, 3.05) is 39.1 Å². The highest BCUT2D eigenvalue weighted by Gasteiger charge is 2.25. The second-order valence-corrected chi connectivity index (χ2v) is 8.53. The molecule has 1 atom stereocenters. The number of benzene rings is 3. The molecule has 0 spiro atoms. The van der Waals surface area contributed by atoms with Crippen LogP contribution in [0.5, 0.6) is 5.75 Å². The van der Waals surface area contributed by atoms with Crippen LogP contribution in [0.2, 0.25) is 0 Å². The number of ether oxygens (including phenoxy) is 1. The van der Waals surface area contributed by atoms with Gasteiger partial charge in [0.05, 0.1) is 14.1 Å². The number of fused-ring (bicyclic) bond motifs is 1. The summed E-state index contributed by atoms with van der Waals surface area (Å²) in [7, 11) is 3.87. The molecule has 2 N–H and O–H groups in total. The summed E-state index contributed by atoms with van der Waals surface area (Å²) in [6.45, 7) is 4.81. The van der Waals surface area contributed by atoms with E-state index < -0.39 is 6.10 Å². The predicted molar refractivity (Wildman–Crippen MR) is 122 cm³/mol. The van der Waals surface area contributed by atoms with Crippen LogP contribution in [0.25, 0.3) is 10.8 Å². The summed E-state index contributed by atoms with van der Waals surface area (Å²) in [4.78, 5) is 12.6. The molecule has 0 heterocycles. The molecule has 0 radical (unpaired) electrons. The Kier molecular flexibility index (Phi) is 6.75. The van der Waals surface area contributed by atoms with Gasteiger partial charge in [-0.1, -0.05) is 54.6 Å². The van der Waals surface area contributed by atoms with Gasteiger partial charge >= 0.3 is 0 Å². The molecule has 5 nitrogen and oxygen atoms in total. The molecule has 5 heteroatoms. The lowest BCUT2D eigenvalue weighted by Crippen LogP contribution is -2.50. The molecule has 3 rings (SSSR count). The maximum Gasteiger partial charge on any atom is 0.279 e. The van der Waals surface area contributed by atoms with Gasteiger partial charge in [0, 0.05) is 11.1 Å². The number of anilines is 1. The largest absolute Gasteiger partial charge is 0.490 e. The zero-order valence-corrected chi connectivity index (χ0v) is 18.2. The minimum atomic E-state index is -0.688. The first-order valence-corrected chi connectivity index (χ1v) is 10.2. The maximum absolute atomic E-state index is 12.6. The average Bonchev–Trinajstić information content (AvgIpc) is 2.68. The minimum absolute atomic E-state index is 0.0698. The number of likely N-dealkylation sites (N-methyl/N-ethyl adjacent to an activating group) is 1. The molecular weight excluding hydrogens is 376 g/mol. The third kappa shape index (κ3) is 5.59. The standard InChI is InChI=1S/C25H30N2O3/c1-18-9-7-10-19(2)25(18)26-24(29)16-27(3,4)15-21(28)17-30-23-14-8-12-20-11-5-6-13-22(20)23/h5-14,21,28H,15-17H2,1-4H3/p+1/t21-/m0/s1. The summed E-state index contributed by atoms with van der Waals surface area (Å²) >= 11 is 0. The van der Waals surface area contributed by atoms with Crippen LogP contribution in [0.3, 0.4) is 0 Å². The minimum Gasteiger partial charge on any atom is -0.490 e. The SMILES string of the molecule is Cc1cccc(C)c1NC(=O)C[N+](C)(C)C[C@H](O)COc1cccc2ccccc12. The first-order chi connectivity index (χ1) is 14.2. The number of aliphatic hydroxyl groups is 1. The number of nitrogens with one attached hydrogen (secondary N) is 1. The van der Waals surface area contributed by atoms with Crippen molar-refractivity contribution in [3.63, 3.8) is 0 Å². The molecule has 0 saturated carbocycles. The Morgan fingerprint density at radius 3 is 2.37 bits per heavy atom. The van der Waals surface area contributed by atoms with Crippen molar-refractivity contribution in [3.05, 3.63) is 71.8 Å². The van der Waals surface area contributed by atoms with Gasteiger partial charge in [-0.25, -0.2) is 0 Å². The zero-order valence-electron chi connectivity index (χ0n) is 18.2. The van der Waals surface area contributed by atoms with Gasteiger partial charge in [-0.3, -0.25) is 4.79 Å². The maximum atomic E-state index is 12.6. The van der Waals surface area contributed by atoms with Crippen molar-refractivity contribution in [2.24, 2.45) is 0 Å². The Bertz CT molecular complexity index is 1000. The Morgan fingerprint density at radius 2 is 1.63 bits per heavy atom. The summed E-state index contributed by atoms with van der Waals surface area (Å²) in [5, 5.41) is 15.7. The van der Waals surface area contributed by atoms with Crippen molar-refractivity contribution in [1.82, 2.24) is 0 Å². The van der Waals surface area contributed by atoms with Crippen LogP contribution in [0, 0.1) is 13.8 Å². The molecule has 0 aromatic heterocycles. The van der Waals surface area contributed by atoms with Crippen LogP contribution >= 0.6 is 0 Å². The number of hydrogen-bond acceptors (Lipinski definition) is 3. The van der Waals surface area contributed by atoms with Crippen LogP contribution in [0.4, 0.5) is 5.69 Å². The van der Waals surface area contributed by atoms with Gasteiger partial charge in [-0.05, 0) is 36.4 Å². The van der Waals surface area contributed by atoms with E-state index in [1.165, 1.54) is 0 Å². The van der Waals surface area contributed by atoms with Crippen molar-refractivity contribution in [3.8, 4) is 5.75 Å². The molecule has 0 unspecified atom stereocenters. The first kappa shape index (κ1) is 21.8. The molecule has 30 heavy (non-hydrogen) atoms.